The Labute approximate surface area is 148 Å². The summed E-state index contributed by atoms with van der Waals surface area (Å²) in [6.45, 7) is -0.412. The molecule has 0 aliphatic carbocycles. The molecule has 1 aromatic heterocycles. The van der Waals surface area contributed by atoms with E-state index in [1.165, 1.54) is 19.4 Å². The van der Waals surface area contributed by atoms with Crippen LogP contribution in [-0.2, 0) is 9.47 Å². The van der Waals surface area contributed by atoms with Gasteiger partial charge in [-0.25, -0.2) is 4.79 Å². The molecule has 1 saturated heterocycles. The van der Waals surface area contributed by atoms with Crippen molar-refractivity contribution in [2.75, 3.05) is 19.0 Å². The van der Waals surface area contributed by atoms with Gasteiger partial charge in [0.25, 0.3) is 5.91 Å². The van der Waals surface area contributed by atoms with Crippen LogP contribution < -0.4 is 11.0 Å². The van der Waals surface area contributed by atoms with Gasteiger partial charge in [0.2, 0.25) is 0 Å². The van der Waals surface area contributed by atoms with Crippen LogP contribution in [0, 0.1) is 0 Å². The Morgan fingerprint density at radius 1 is 1.35 bits per heavy atom. The van der Waals surface area contributed by atoms with E-state index in [-0.39, 0.29) is 5.82 Å². The first-order valence-electron chi connectivity index (χ1n) is 7.98. The lowest BCUT2D eigenvalue weighted by molar-refractivity contribution is -0.0624. The van der Waals surface area contributed by atoms with Crippen LogP contribution in [0.1, 0.15) is 16.6 Å². The summed E-state index contributed by atoms with van der Waals surface area (Å²) >= 11 is 0. The van der Waals surface area contributed by atoms with E-state index in [0.717, 1.165) is 4.57 Å². The molecule has 1 fully saturated rings. The first-order chi connectivity index (χ1) is 12.5. The monoisotopic (exact) mass is 361 g/mol. The molecule has 1 aromatic carbocycles. The van der Waals surface area contributed by atoms with Gasteiger partial charge in [0.05, 0.1) is 6.61 Å². The fourth-order valence-electron chi connectivity index (χ4n) is 2.80. The maximum absolute atomic E-state index is 12.3. The molecule has 1 aliphatic rings. The van der Waals surface area contributed by atoms with Gasteiger partial charge in [-0.05, 0) is 18.2 Å². The highest BCUT2D eigenvalue weighted by Gasteiger charge is 2.45. The van der Waals surface area contributed by atoms with Crippen LogP contribution in [-0.4, -0.2) is 57.7 Å². The van der Waals surface area contributed by atoms with Crippen LogP contribution in [0.3, 0.4) is 0 Å². The molecule has 138 valence electrons. The molecule has 2 heterocycles. The number of hydrogen-bond donors (Lipinski definition) is 3. The van der Waals surface area contributed by atoms with E-state index in [9.17, 15) is 19.8 Å². The van der Waals surface area contributed by atoms with Crippen molar-refractivity contribution in [3.63, 3.8) is 0 Å². The van der Waals surface area contributed by atoms with E-state index in [2.05, 4.69) is 10.3 Å². The minimum atomic E-state index is -1.08. The molecule has 26 heavy (non-hydrogen) atoms. The zero-order valence-electron chi connectivity index (χ0n) is 14.0. The van der Waals surface area contributed by atoms with Gasteiger partial charge < -0.3 is 25.0 Å². The van der Waals surface area contributed by atoms with E-state index in [4.69, 9.17) is 9.47 Å². The predicted molar refractivity (Wildman–Crippen MR) is 90.7 cm³/mol. The lowest BCUT2D eigenvalue weighted by Crippen LogP contribution is -2.37. The Balaban J connectivity index is 1.80. The third-order valence-corrected chi connectivity index (χ3v) is 4.15. The van der Waals surface area contributed by atoms with Crippen LogP contribution >= 0.6 is 0 Å². The Hall–Kier alpha value is -2.59. The molecule has 2 aromatic rings. The normalized spacial score (nSPS) is 25.2. The van der Waals surface area contributed by atoms with Gasteiger partial charge in [0.1, 0.15) is 24.1 Å². The Bertz CT molecular complexity index is 825. The Morgan fingerprint density at radius 3 is 2.69 bits per heavy atom. The molecule has 3 rings (SSSR count). The van der Waals surface area contributed by atoms with Crippen LogP contribution in [0.15, 0.2) is 47.4 Å². The maximum Gasteiger partial charge on any atom is 0.351 e. The summed E-state index contributed by atoms with van der Waals surface area (Å²) in [4.78, 5) is 28.3. The van der Waals surface area contributed by atoms with Gasteiger partial charge in [0.15, 0.2) is 6.23 Å². The van der Waals surface area contributed by atoms with E-state index in [1.54, 1.807) is 30.3 Å². The number of ether oxygens (including phenoxy) is 2. The highest BCUT2D eigenvalue weighted by molar-refractivity contribution is 6.03. The number of amides is 1. The Morgan fingerprint density at radius 2 is 2.08 bits per heavy atom. The number of nitrogens with zero attached hydrogens (tertiary/aromatic N) is 2. The van der Waals surface area contributed by atoms with Gasteiger partial charge >= 0.3 is 5.69 Å². The second-order valence-electron chi connectivity index (χ2n) is 5.76. The lowest BCUT2D eigenvalue weighted by Gasteiger charge is -2.20. The molecule has 0 bridgehead atoms. The minimum absolute atomic E-state index is 0.0892. The molecule has 4 atom stereocenters. The quantitative estimate of drug-likeness (QED) is 0.672. The van der Waals surface area contributed by atoms with E-state index in [1.807, 2.05) is 0 Å². The van der Waals surface area contributed by atoms with Crippen LogP contribution in [0.25, 0.3) is 0 Å². The average Bonchev–Trinajstić information content (AvgIpc) is 2.98. The van der Waals surface area contributed by atoms with Gasteiger partial charge in [0, 0.05) is 18.9 Å². The largest absolute Gasteiger partial charge is 0.394 e. The third-order valence-electron chi connectivity index (χ3n) is 4.15. The molecule has 0 saturated carbocycles. The molecule has 9 heteroatoms. The summed E-state index contributed by atoms with van der Waals surface area (Å²) in [5, 5.41) is 21.9. The van der Waals surface area contributed by atoms with Crippen LogP contribution in [0.2, 0.25) is 0 Å². The van der Waals surface area contributed by atoms with Crippen molar-refractivity contribution in [1.29, 1.82) is 0 Å². The molecule has 1 amide bonds. The number of nitrogens with one attached hydrogen (secondary N) is 1. The Kier molecular flexibility index (Phi) is 5.43. The first kappa shape index (κ1) is 18.2. The number of aliphatic hydroxyl groups excluding tert-OH is 2. The topological polar surface area (TPSA) is 123 Å². The number of benzene rings is 1. The number of rotatable bonds is 5. The first-order valence-corrected chi connectivity index (χ1v) is 7.98. The zero-order chi connectivity index (χ0) is 18.7. The number of aliphatic hydroxyl groups is 2. The number of hydrogen-bond acceptors (Lipinski definition) is 7. The van der Waals surface area contributed by atoms with E-state index >= 15 is 0 Å². The zero-order valence-corrected chi connectivity index (χ0v) is 14.0. The van der Waals surface area contributed by atoms with Crippen molar-refractivity contribution in [1.82, 2.24) is 9.55 Å². The van der Waals surface area contributed by atoms with Gasteiger partial charge in [-0.15, -0.1) is 0 Å². The molecule has 0 radical (unpaired) electrons. The fourth-order valence-corrected chi connectivity index (χ4v) is 2.80. The summed E-state index contributed by atoms with van der Waals surface area (Å²) < 4.78 is 11.8. The average molecular weight is 361 g/mol. The molecule has 1 unspecified atom stereocenters. The second-order valence-corrected chi connectivity index (χ2v) is 5.76. The maximum atomic E-state index is 12.3. The third kappa shape index (κ3) is 3.51. The highest BCUT2D eigenvalue weighted by atomic mass is 16.6. The van der Waals surface area contributed by atoms with Crippen molar-refractivity contribution in [2.45, 2.75) is 24.5 Å². The van der Waals surface area contributed by atoms with Crippen LogP contribution in [0.4, 0.5) is 5.82 Å². The van der Waals surface area contributed by atoms with Crippen LogP contribution in [0.5, 0.6) is 0 Å². The van der Waals surface area contributed by atoms with E-state index in [0.29, 0.717) is 5.56 Å². The molecule has 1 aliphatic heterocycles. The number of carbonyl (C=O) groups excluding carboxylic acids is 1. The van der Waals surface area contributed by atoms with Gasteiger partial charge in [-0.1, -0.05) is 18.2 Å². The van der Waals surface area contributed by atoms with Gasteiger partial charge in [-0.2, -0.15) is 4.98 Å². The summed E-state index contributed by atoms with van der Waals surface area (Å²) in [7, 11) is 1.37. The summed E-state index contributed by atoms with van der Waals surface area (Å²) in [6.07, 6.45) is -2.34. The van der Waals surface area contributed by atoms with Crippen molar-refractivity contribution in [2.24, 2.45) is 0 Å². The molecule has 0 spiro atoms. The fraction of sp³-hybridized carbons (Fsp3) is 0.353. The lowest BCUT2D eigenvalue weighted by atomic mass is 10.1. The molecule has 9 nitrogen and oxygen atoms in total. The second kappa shape index (κ2) is 7.75. The minimum Gasteiger partial charge on any atom is -0.394 e. The summed E-state index contributed by atoms with van der Waals surface area (Å²) in [5.74, 6) is -0.302. The number of carbonyl (C=O) groups is 1. The predicted octanol–water partition coefficient (Wildman–Crippen LogP) is -0.239. The number of anilines is 1. The molecule has 3 N–H and O–H groups in total. The van der Waals surface area contributed by atoms with Crippen molar-refractivity contribution in [3.8, 4) is 0 Å². The summed E-state index contributed by atoms with van der Waals surface area (Å²) in [6, 6.07) is 9.97. The van der Waals surface area contributed by atoms with Crippen molar-refractivity contribution < 1.29 is 24.5 Å². The number of methoxy groups -OCH3 is 1. The van der Waals surface area contributed by atoms with Gasteiger partial charge in [-0.3, -0.25) is 9.36 Å². The van der Waals surface area contributed by atoms with Crippen molar-refractivity contribution in [3.05, 3.63) is 58.6 Å². The van der Waals surface area contributed by atoms with E-state index < -0.39 is 42.7 Å². The highest BCUT2D eigenvalue weighted by Crippen LogP contribution is 2.30. The molecular weight excluding hydrogens is 342 g/mol. The number of aromatic nitrogens is 2. The van der Waals surface area contributed by atoms with Crippen molar-refractivity contribution >= 4 is 11.7 Å². The molecular formula is C17H19N3O6. The summed E-state index contributed by atoms with van der Waals surface area (Å²) in [5.41, 5.74) is -0.250. The SMILES string of the molecule is CO[C@H]1C(O)[C@@H](CO)O[C@H]1n1ccc(NC(=O)c2ccccc2)nc1=O. The smallest absolute Gasteiger partial charge is 0.351 e. The standard InChI is InChI=1S/C17H19N3O6/c1-25-14-13(22)11(9-21)26-16(14)20-8-7-12(19-17(20)24)18-15(23)10-5-3-2-4-6-10/h2-8,11,13-14,16,21-22H,9H2,1H3,(H,18,19,23,24)/t11-,13?,14+,16-/m1/s1.